The minimum absolute atomic E-state index is 0.159. The standard InChI is InChI=1S/C15H23NO2S/c1-3-14-10-5-4-8-12-16(14)19(17,18)15-11-7-6-9-13(15)2/h6-7,9,11,14H,3-5,8,10,12H2,1-2H3. The van der Waals surface area contributed by atoms with Crippen molar-refractivity contribution in [3.63, 3.8) is 0 Å². The summed E-state index contributed by atoms with van der Waals surface area (Å²) in [6.45, 7) is 4.61. The maximum atomic E-state index is 12.9. The monoisotopic (exact) mass is 281 g/mol. The molecule has 1 aromatic carbocycles. The van der Waals surface area contributed by atoms with Crippen molar-refractivity contribution >= 4 is 10.0 Å². The van der Waals surface area contributed by atoms with Gasteiger partial charge in [-0.1, -0.05) is 38.0 Å². The van der Waals surface area contributed by atoms with Crippen molar-refractivity contribution in [1.82, 2.24) is 4.31 Å². The van der Waals surface area contributed by atoms with E-state index in [4.69, 9.17) is 0 Å². The molecule has 2 rings (SSSR count). The van der Waals surface area contributed by atoms with Gasteiger partial charge in [0.05, 0.1) is 4.90 Å². The lowest BCUT2D eigenvalue weighted by Gasteiger charge is -2.28. The Kier molecular flexibility index (Phi) is 4.63. The van der Waals surface area contributed by atoms with E-state index in [1.165, 1.54) is 0 Å². The maximum Gasteiger partial charge on any atom is 0.243 e. The van der Waals surface area contributed by atoms with Gasteiger partial charge < -0.3 is 0 Å². The summed E-state index contributed by atoms with van der Waals surface area (Å²) in [5, 5.41) is 0. The van der Waals surface area contributed by atoms with E-state index in [2.05, 4.69) is 6.92 Å². The first-order valence-electron chi connectivity index (χ1n) is 7.15. The molecule has 0 aromatic heterocycles. The third kappa shape index (κ3) is 3.00. The molecule has 0 radical (unpaired) electrons. The SMILES string of the molecule is CCC1CCCCCN1S(=O)(=O)c1ccccc1C. The van der Waals surface area contributed by atoms with Gasteiger partial charge in [-0.25, -0.2) is 8.42 Å². The van der Waals surface area contributed by atoms with Crippen LogP contribution in [0.4, 0.5) is 0 Å². The zero-order chi connectivity index (χ0) is 13.9. The summed E-state index contributed by atoms with van der Waals surface area (Å²) < 4.78 is 27.5. The fourth-order valence-corrected chi connectivity index (χ4v) is 4.84. The van der Waals surface area contributed by atoms with Crippen molar-refractivity contribution in [2.24, 2.45) is 0 Å². The van der Waals surface area contributed by atoms with Gasteiger partial charge in [0.1, 0.15) is 0 Å². The summed E-state index contributed by atoms with van der Waals surface area (Å²) >= 11 is 0. The van der Waals surface area contributed by atoms with Gasteiger partial charge in [-0.3, -0.25) is 0 Å². The lowest BCUT2D eigenvalue weighted by Crippen LogP contribution is -2.39. The first-order chi connectivity index (χ1) is 9.07. The Hall–Kier alpha value is -0.870. The van der Waals surface area contributed by atoms with E-state index in [-0.39, 0.29) is 6.04 Å². The number of rotatable bonds is 3. The van der Waals surface area contributed by atoms with Gasteiger partial charge in [0.15, 0.2) is 0 Å². The van der Waals surface area contributed by atoms with E-state index < -0.39 is 10.0 Å². The van der Waals surface area contributed by atoms with E-state index in [9.17, 15) is 8.42 Å². The second-order valence-electron chi connectivity index (χ2n) is 5.29. The van der Waals surface area contributed by atoms with Crippen LogP contribution in [0.25, 0.3) is 0 Å². The summed E-state index contributed by atoms with van der Waals surface area (Å²) in [6, 6.07) is 7.44. The molecule has 1 aliphatic heterocycles. The van der Waals surface area contributed by atoms with Crippen LogP contribution < -0.4 is 0 Å². The number of hydrogen-bond acceptors (Lipinski definition) is 2. The highest BCUT2D eigenvalue weighted by Gasteiger charge is 2.32. The molecule has 1 aromatic rings. The van der Waals surface area contributed by atoms with E-state index in [1.807, 2.05) is 19.1 Å². The molecule has 1 atom stereocenters. The molecular weight excluding hydrogens is 258 g/mol. The highest BCUT2D eigenvalue weighted by molar-refractivity contribution is 7.89. The molecule has 0 saturated carbocycles. The van der Waals surface area contributed by atoms with Crippen molar-refractivity contribution < 1.29 is 8.42 Å². The van der Waals surface area contributed by atoms with Crippen LogP contribution in [0.5, 0.6) is 0 Å². The van der Waals surface area contributed by atoms with E-state index >= 15 is 0 Å². The summed E-state index contributed by atoms with van der Waals surface area (Å²) in [5.74, 6) is 0. The van der Waals surface area contributed by atoms with Crippen molar-refractivity contribution in [3.05, 3.63) is 29.8 Å². The Morgan fingerprint density at radius 2 is 1.95 bits per heavy atom. The maximum absolute atomic E-state index is 12.9. The highest BCUT2D eigenvalue weighted by atomic mass is 32.2. The van der Waals surface area contributed by atoms with Crippen LogP contribution in [0, 0.1) is 6.92 Å². The summed E-state index contributed by atoms with van der Waals surface area (Å²) in [5.41, 5.74) is 0.835. The van der Waals surface area contributed by atoms with Gasteiger partial charge in [0.25, 0.3) is 0 Å². The van der Waals surface area contributed by atoms with Gasteiger partial charge >= 0.3 is 0 Å². The Balaban J connectivity index is 2.39. The van der Waals surface area contributed by atoms with Gasteiger partial charge in [-0.05, 0) is 37.8 Å². The van der Waals surface area contributed by atoms with Crippen LogP contribution in [0.1, 0.15) is 44.6 Å². The fourth-order valence-electron chi connectivity index (χ4n) is 2.85. The largest absolute Gasteiger partial charge is 0.243 e. The van der Waals surface area contributed by atoms with E-state index in [0.29, 0.717) is 11.4 Å². The fraction of sp³-hybridized carbons (Fsp3) is 0.600. The Labute approximate surface area is 116 Å². The molecule has 0 aliphatic carbocycles. The van der Waals surface area contributed by atoms with Crippen molar-refractivity contribution in [1.29, 1.82) is 0 Å². The van der Waals surface area contributed by atoms with Gasteiger partial charge in [-0.15, -0.1) is 0 Å². The van der Waals surface area contributed by atoms with Crippen LogP contribution in [0.2, 0.25) is 0 Å². The molecule has 0 N–H and O–H groups in total. The number of hydrogen-bond donors (Lipinski definition) is 0. The number of aryl methyl sites for hydroxylation is 1. The molecule has 1 aliphatic rings. The molecule has 106 valence electrons. The topological polar surface area (TPSA) is 37.4 Å². The molecule has 0 spiro atoms. The average molecular weight is 281 g/mol. The number of benzene rings is 1. The molecule has 1 saturated heterocycles. The van der Waals surface area contributed by atoms with Crippen LogP contribution in [0.3, 0.4) is 0 Å². The van der Waals surface area contributed by atoms with Crippen LogP contribution >= 0.6 is 0 Å². The van der Waals surface area contributed by atoms with Crippen molar-refractivity contribution in [2.75, 3.05) is 6.54 Å². The van der Waals surface area contributed by atoms with Crippen LogP contribution in [-0.2, 0) is 10.0 Å². The lowest BCUT2D eigenvalue weighted by atomic mass is 10.1. The summed E-state index contributed by atoms with van der Waals surface area (Å²) in [7, 11) is -3.34. The predicted octanol–water partition coefficient (Wildman–Crippen LogP) is 3.34. The van der Waals surface area contributed by atoms with Crippen LogP contribution in [0.15, 0.2) is 29.2 Å². The molecule has 0 amide bonds. The van der Waals surface area contributed by atoms with Gasteiger partial charge in [0, 0.05) is 12.6 Å². The second-order valence-corrected chi connectivity index (χ2v) is 7.15. The molecule has 4 heteroatoms. The third-order valence-electron chi connectivity index (χ3n) is 3.97. The summed E-state index contributed by atoms with van der Waals surface area (Å²) in [6.07, 6.45) is 5.13. The first-order valence-corrected chi connectivity index (χ1v) is 8.59. The predicted molar refractivity (Wildman–Crippen MR) is 77.6 cm³/mol. The third-order valence-corrected chi connectivity index (χ3v) is 6.09. The molecule has 19 heavy (non-hydrogen) atoms. The smallest absolute Gasteiger partial charge is 0.207 e. The lowest BCUT2D eigenvalue weighted by molar-refractivity contribution is 0.315. The first kappa shape index (κ1) is 14.5. The van der Waals surface area contributed by atoms with Crippen molar-refractivity contribution in [2.45, 2.75) is 56.9 Å². The van der Waals surface area contributed by atoms with Gasteiger partial charge in [0.2, 0.25) is 10.0 Å². The van der Waals surface area contributed by atoms with Gasteiger partial charge in [-0.2, -0.15) is 4.31 Å². The quantitative estimate of drug-likeness (QED) is 0.852. The Bertz CT molecular complexity index is 525. The Morgan fingerprint density at radius 1 is 1.21 bits per heavy atom. The molecule has 1 fully saturated rings. The highest BCUT2D eigenvalue weighted by Crippen LogP contribution is 2.27. The molecule has 1 unspecified atom stereocenters. The molecular formula is C15H23NO2S. The van der Waals surface area contributed by atoms with E-state index in [0.717, 1.165) is 37.7 Å². The molecule has 3 nitrogen and oxygen atoms in total. The Morgan fingerprint density at radius 3 is 2.63 bits per heavy atom. The summed E-state index contributed by atoms with van der Waals surface area (Å²) in [4.78, 5) is 0.468. The van der Waals surface area contributed by atoms with Crippen molar-refractivity contribution in [3.8, 4) is 0 Å². The zero-order valence-electron chi connectivity index (χ0n) is 11.8. The number of sulfonamides is 1. The van der Waals surface area contributed by atoms with E-state index in [1.54, 1.807) is 16.4 Å². The molecule has 1 heterocycles. The second kappa shape index (κ2) is 6.06. The molecule has 0 bridgehead atoms. The number of nitrogens with zero attached hydrogens (tertiary/aromatic N) is 1. The zero-order valence-corrected chi connectivity index (χ0v) is 12.6. The average Bonchev–Trinajstić information content (AvgIpc) is 2.64. The minimum Gasteiger partial charge on any atom is -0.207 e. The minimum atomic E-state index is -3.34. The van der Waals surface area contributed by atoms with Crippen LogP contribution in [-0.4, -0.2) is 25.3 Å². The normalized spacial score (nSPS) is 22.1.